The molecule has 0 radical (unpaired) electrons. The van der Waals surface area contributed by atoms with Gasteiger partial charge in [-0.2, -0.15) is 0 Å². The fraction of sp³-hybridized carbons (Fsp3) is 0.860. The van der Waals surface area contributed by atoms with E-state index in [1.54, 1.807) is 6.92 Å². The molecule has 0 aromatic carbocycles. The fourth-order valence-corrected chi connectivity index (χ4v) is 7.13. The molecule has 2 N–H and O–H groups in total. The number of esters is 2. The van der Waals surface area contributed by atoms with Crippen LogP contribution >= 0.6 is 7.82 Å². The van der Waals surface area contributed by atoms with E-state index in [1.807, 2.05) is 0 Å². The van der Waals surface area contributed by atoms with Gasteiger partial charge < -0.3 is 15.2 Å². The molecule has 0 aromatic rings. The minimum Gasteiger partial charge on any atom is -0.462 e. The van der Waals surface area contributed by atoms with Crippen molar-refractivity contribution >= 4 is 19.8 Å². The number of rotatable bonds is 41. The summed E-state index contributed by atoms with van der Waals surface area (Å²) in [6.45, 7) is 5.93. The van der Waals surface area contributed by atoms with Crippen LogP contribution in [0.25, 0.3) is 0 Å². The van der Waals surface area contributed by atoms with Gasteiger partial charge >= 0.3 is 19.8 Å². The Labute approximate surface area is 325 Å². The van der Waals surface area contributed by atoms with Gasteiger partial charge in [-0.1, -0.05) is 141 Å². The van der Waals surface area contributed by atoms with Gasteiger partial charge in [0.2, 0.25) is 0 Å². The highest BCUT2D eigenvalue weighted by Crippen LogP contribution is 2.49. The lowest BCUT2D eigenvalue weighted by molar-refractivity contribution is -0.161. The smallest absolute Gasteiger partial charge is 0.462 e. The van der Waals surface area contributed by atoms with Crippen LogP contribution < -0.4 is 5.73 Å². The Morgan fingerprint density at radius 1 is 0.528 bits per heavy atom. The molecule has 2 atom stereocenters. The predicted octanol–water partition coefficient (Wildman–Crippen LogP) is 12.7. The number of hydrogen-bond donors (Lipinski definition) is 1. The summed E-state index contributed by atoms with van der Waals surface area (Å²) in [7, 11) is -3.90. The molecule has 0 rings (SSSR count). The van der Waals surface area contributed by atoms with Crippen molar-refractivity contribution in [2.45, 2.75) is 207 Å². The highest BCUT2D eigenvalue weighted by atomic mass is 31.2. The summed E-state index contributed by atoms with van der Waals surface area (Å²) >= 11 is 0. The van der Waals surface area contributed by atoms with Gasteiger partial charge in [-0.3, -0.25) is 23.2 Å². The summed E-state index contributed by atoms with van der Waals surface area (Å²) in [4.78, 5) is 25.2. The second-order valence-electron chi connectivity index (χ2n) is 14.2. The van der Waals surface area contributed by atoms with Gasteiger partial charge in [-0.25, -0.2) is 4.57 Å². The molecule has 0 aliphatic heterocycles. The van der Waals surface area contributed by atoms with Gasteiger partial charge in [0, 0.05) is 19.4 Å². The van der Waals surface area contributed by atoms with Crippen LogP contribution in [-0.2, 0) is 37.2 Å². The summed E-state index contributed by atoms with van der Waals surface area (Å²) in [5.74, 6) is -0.757. The number of nitrogens with two attached hydrogens (primary N) is 1. The Hall–Kier alpha value is -1.51. The van der Waals surface area contributed by atoms with Crippen molar-refractivity contribution < 1.29 is 37.2 Å². The summed E-state index contributed by atoms with van der Waals surface area (Å²) < 4.78 is 39.9. The molecule has 10 heteroatoms. The van der Waals surface area contributed by atoms with E-state index in [-0.39, 0.29) is 45.4 Å². The zero-order valence-electron chi connectivity index (χ0n) is 34.5. The highest BCUT2D eigenvalue weighted by Gasteiger charge is 2.29. The van der Waals surface area contributed by atoms with Crippen molar-refractivity contribution in [3.63, 3.8) is 0 Å². The number of phosphoric ester groups is 1. The molecule has 0 saturated heterocycles. The van der Waals surface area contributed by atoms with E-state index in [2.05, 4.69) is 38.2 Å². The molecule has 0 amide bonds. The maximum atomic E-state index is 12.9. The number of phosphoric acid groups is 1. The Bertz CT molecular complexity index is 928. The van der Waals surface area contributed by atoms with Crippen molar-refractivity contribution in [2.75, 3.05) is 33.0 Å². The van der Waals surface area contributed by atoms with Crippen LogP contribution in [0, 0.1) is 0 Å². The van der Waals surface area contributed by atoms with Gasteiger partial charge in [0.25, 0.3) is 0 Å². The van der Waals surface area contributed by atoms with Gasteiger partial charge in [-0.05, 0) is 71.1 Å². The van der Waals surface area contributed by atoms with Crippen LogP contribution in [0.5, 0.6) is 0 Å². The average Bonchev–Trinajstić information content (AvgIpc) is 3.15. The predicted molar refractivity (Wildman–Crippen MR) is 220 cm³/mol. The van der Waals surface area contributed by atoms with Gasteiger partial charge in [0.15, 0.2) is 6.10 Å². The summed E-state index contributed by atoms with van der Waals surface area (Å²) in [5.41, 5.74) is 5.49. The lowest BCUT2D eigenvalue weighted by Crippen LogP contribution is -2.29. The number of carbonyl (C=O) groups is 2. The number of allylic oxidation sites excluding steroid dienone is 4. The zero-order chi connectivity index (χ0) is 38.9. The quantitative estimate of drug-likeness (QED) is 0.0280. The average molecular weight is 772 g/mol. The van der Waals surface area contributed by atoms with Crippen LogP contribution in [0.15, 0.2) is 24.3 Å². The molecule has 53 heavy (non-hydrogen) atoms. The van der Waals surface area contributed by atoms with E-state index in [0.717, 1.165) is 64.2 Å². The third-order valence-electron chi connectivity index (χ3n) is 9.09. The zero-order valence-corrected chi connectivity index (χ0v) is 35.4. The number of carbonyl (C=O) groups excluding carboxylic acids is 2. The third-order valence-corrected chi connectivity index (χ3v) is 10.6. The van der Waals surface area contributed by atoms with E-state index < -0.39 is 19.9 Å². The summed E-state index contributed by atoms with van der Waals surface area (Å²) in [5, 5.41) is 0. The van der Waals surface area contributed by atoms with Crippen LogP contribution in [0.1, 0.15) is 201 Å². The molecule has 0 aromatic heterocycles. The Morgan fingerprint density at radius 2 is 0.943 bits per heavy atom. The topological polar surface area (TPSA) is 123 Å². The van der Waals surface area contributed by atoms with Crippen LogP contribution in [0.4, 0.5) is 0 Å². The molecule has 0 heterocycles. The second-order valence-corrected chi connectivity index (χ2v) is 15.9. The van der Waals surface area contributed by atoms with E-state index in [9.17, 15) is 14.2 Å². The van der Waals surface area contributed by atoms with Gasteiger partial charge in [0.1, 0.15) is 6.61 Å². The normalized spacial score (nSPS) is 13.5. The first-order valence-corrected chi connectivity index (χ1v) is 23.3. The van der Waals surface area contributed by atoms with Crippen molar-refractivity contribution in [1.29, 1.82) is 0 Å². The molecule has 9 nitrogen and oxygen atoms in total. The molecular formula is C43H82NO8P. The van der Waals surface area contributed by atoms with E-state index >= 15 is 0 Å². The maximum absolute atomic E-state index is 12.9. The van der Waals surface area contributed by atoms with Gasteiger partial charge in [0.05, 0.1) is 19.8 Å². The standard InChI is InChI=1S/C43H82NO8P/c1-4-7-9-11-13-15-17-19-21-23-25-27-29-31-33-35-42(45)48-39-41(40-51-53(47,49-6-3)50-38-37-44)52-43(46)36-34-32-30-28-26-24-22-20-18-16-14-12-10-8-5-2/h19-22,41H,4-18,23-40,44H2,1-3H3/t41-,53?/m1/s1. The first-order chi connectivity index (χ1) is 25.9. The van der Waals surface area contributed by atoms with Crippen LogP contribution in [-0.4, -0.2) is 51.0 Å². The first kappa shape index (κ1) is 51.5. The van der Waals surface area contributed by atoms with Crippen LogP contribution in [0.2, 0.25) is 0 Å². The largest absolute Gasteiger partial charge is 0.474 e. The van der Waals surface area contributed by atoms with Gasteiger partial charge in [-0.15, -0.1) is 0 Å². The number of ether oxygens (including phenoxy) is 2. The minimum absolute atomic E-state index is 0.0118. The lowest BCUT2D eigenvalue weighted by Gasteiger charge is -2.22. The Kier molecular flexibility index (Phi) is 39.0. The van der Waals surface area contributed by atoms with E-state index in [1.165, 1.54) is 96.3 Å². The third kappa shape index (κ3) is 37.2. The second kappa shape index (κ2) is 40.2. The first-order valence-electron chi connectivity index (χ1n) is 21.8. The molecule has 0 fully saturated rings. The Morgan fingerprint density at radius 3 is 1.38 bits per heavy atom. The monoisotopic (exact) mass is 772 g/mol. The Balaban J connectivity index is 4.37. The molecule has 0 aliphatic carbocycles. The minimum atomic E-state index is -3.90. The van der Waals surface area contributed by atoms with Crippen molar-refractivity contribution in [2.24, 2.45) is 5.73 Å². The molecule has 0 aliphatic rings. The van der Waals surface area contributed by atoms with Crippen molar-refractivity contribution in [3.8, 4) is 0 Å². The number of unbranched alkanes of at least 4 members (excludes halogenated alkanes) is 22. The lowest BCUT2D eigenvalue weighted by atomic mass is 10.1. The van der Waals surface area contributed by atoms with Crippen molar-refractivity contribution in [1.82, 2.24) is 0 Å². The van der Waals surface area contributed by atoms with E-state index in [4.69, 9.17) is 28.8 Å². The molecule has 0 spiro atoms. The fourth-order valence-electron chi connectivity index (χ4n) is 5.91. The molecule has 0 saturated carbocycles. The van der Waals surface area contributed by atoms with Crippen molar-refractivity contribution in [3.05, 3.63) is 24.3 Å². The molecular weight excluding hydrogens is 689 g/mol. The molecule has 0 bridgehead atoms. The SMILES string of the molecule is CCCCCCCCC=CCCCCCCCC(=O)OC[C@H](COP(=O)(OCC)OCCN)OC(=O)CCCCCCCC=CCCCCCCCC. The molecule has 312 valence electrons. The summed E-state index contributed by atoms with van der Waals surface area (Å²) in [6, 6.07) is 0. The van der Waals surface area contributed by atoms with Crippen LogP contribution in [0.3, 0.4) is 0 Å². The summed E-state index contributed by atoms with van der Waals surface area (Å²) in [6.07, 6.45) is 39.6. The number of hydrogen-bond acceptors (Lipinski definition) is 9. The van der Waals surface area contributed by atoms with E-state index in [0.29, 0.717) is 12.8 Å². The maximum Gasteiger partial charge on any atom is 0.474 e. The molecule has 1 unspecified atom stereocenters. The highest BCUT2D eigenvalue weighted by molar-refractivity contribution is 7.48.